The number of amides is 1. The van der Waals surface area contributed by atoms with Crippen LogP contribution in [0.15, 0.2) is 42.5 Å². The summed E-state index contributed by atoms with van der Waals surface area (Å²) in [5.74, 6) is 1.21. The maximum Gasteiger partial charge on any atom is 0.262 e. The highest BCUT2D eigenvalue weighted by atomic mass is 16.5. The quantitative estimate of drug-likeness (QED) is 0.874. The molecule has 0 aromatic heterocycles. The highest BCUT2D eigenvalue weighted by molar-refractivity contribution is 5.93. The molecule has 1 N–H and O–H groups in total. The van der Waals surface area contributed by atoms with Crippen LogP contribution in [0.3, 0.4) is 0 Å². The van der Waals surface area contributed by atoms with E-state index in [9.17, 15) is 4.79 Å². The van der Waals surface area contributed by atoms with Gasteiger partial charge in [-0.3, -0.25) is 4.79 Å². The highest BCUT2D eigenvalue weighted by Crippen LogP contribution is 2.27. The van der Waals surface area contributed by atoms with Crippen molar-refractivity contribution in [2.45, 2.75) is 39.2 Å². The first-order chi connectivity index (χ1) is 11.6. The Morgan fingerprint density at radius 2 is 1.92 bits per heavy atom. The smallest absolute Gasteiger partial charge is 0.262 e. The Balaban J connectivity index is 1.58. The Kier molecular flexibility index (Phi) is 5.04. The SMILES string of the molecule is CC(C)Oc1ccccc1NC(=O)COc1ccc2c(c1)CCC2. The number of carbonyl (C=O) groups excluding carboxylic acids is 1. The maximum absolute atomic E-state index is 12.2. The van der Waals surface area contributed by atoms with Crippen LogP contribution in [0.5, 0.6) is 11.5 Å². The number of rotatable bonds is 6. The van der Waals surface area contributed by atoms with Gasteiger partial charge in [0.25, 0.3) is 5.91 Å². The summed E-state index contributed by atoms with van der Waals surface area (Å²) in [4.78, 5) is 12.2. The lowest BCUT2D eigenvalue weighted by Gasteiger charge is -2.15. The van der Waals surface area contributed by atoms with Crippen molar-refractivity contribution in [2.75, 3.05) is 11.9 Å². The van der Waals surface area contributed by atoms with Crippen molar-refractivity contribution >= 4 is 11.6 Å². The number of para-hydroxylation sites is 2. The van der Waals surface area contributed by atoms with Crippen LogP contribution >= 0.6 is 0 Å². The number of anilines is 1. The summed E-state index contributed by atoms with van der Waals surface area (Å²) in [6.07, 6.45) is 3.48. The molecule has 0 saturated carbocycles. The van der Waals surface area contributed by atoms with Crippen LogP contribution in [0.4, 0.5) is 5.69 Å². The Labute approximate surface area is 142 Å². The van der Waals surface area contributed by atoms with Crippen LogP contribution in [0, 0.1) is 0 Å². The van der Waals surface area contributed by atoms with Gasteiger partial charge in [-0.25, -0.2) is 0 Å². The second-order valence-electron chi connectivity index (χ2n) is 6.28. The van der Waals surface area contributed by atoms with Crippen molar-refractivity contribution in [1.82, 2.24) is 0 Å². The van der Waals surface area contributed by atoms with Crippen molar-refractivity contribution in [3.63, 3.8) is 0 Å². The summed E-state index contributed by atoms with van der Waals surface area (Å²) in [7, 11) is 0. The number of benzene rings is 2. The van der Waals surface area contributed by atoms with Gasteiger partial charge in [0.05, 0.1) is 11.8 Å². The van der Waals surface area contributed by atoms with E-state index in [-0.39, 0.29) is 18.6 Å². The molecule has 1 aliphatic carbocycles. The number of carbonyl (C=O) groups is 1. The van der Waals surface area contributed by atoms with Gasteiger partial charge < -0.3 is 14.8 Å². The fraction of sp³-hybridized carbons (Fsp3) is 0.350. The number of ether oxygens (including phenoxy) is 2. The first-order valence-electron chi connectivity index (χ1n) is 8.42. The van der Waals surface area contributed by atoms with Gasteiger partial charge in [-0.1, -0.05) is 18.2 Å². The highest BCUT2D eigenvalue weighted by Gasteiger charge is 2.13. The third-order valence-corrected chi connectivity index (χ3v) is 3.96. The number of nitrogens with one attached hydrogen (secondary N) is 1. The molecule has 0 bridgehead atoms. The van der Waals surface area contributed by atoms with Crippen LogP contribution in [0.25, 0.3) is 0 Å². The minimum absolute atomic E-state index is 0.0190. The molecule has 0 atom stereocenters. The van der Waals surface area contributed by atoms with Gasteiger partial charge in [0.1, 0.15) is 11.5 Å². The Hall–Kier alpha value is -2.49. The summed E-state index contributed by atoms with van der Waals surface area (Å²) >= 11 is 0. The molecule has 0 heterocycles. The molecule has 0 unspecified atom stereocenters. The standard InChI is InChI=1S/C20H23NO3/c1-14(2)24-19-9-4-3-8-18(19)21-20(22)13-23-17-11-10-15-6-5-7-16(15)12-17/h3-4,8-12,14H,5-7,13H2,1-2H3,(H,21,22). The molecule has 0 saturated heterocycles. The van der Waals surface area contributed by atoms with E-state index in [1.165, 1.54) is 17.5 Å². The normalized spacial score (nSPS) is 12.8. The average Bonchev–Trinajstić information content (AvgIpc) is 3.02. The van der Waals surface area contributed by atoms with E-state index >= 15 is 0 Å². The average molecular weight is 325 g/mol. The Bertz CT molecular complexity index is 725. The third-order valence-electron chi connectivity index (χ3n) is 3.96. The summed E-state index contributed by atoms with van der Waals surface area (Å²) in [5, 5.41) is 2.85. The second-order valence-corrected chi connectivity index (χ2v) is 6.28. The summed E-state index contributed by atoms with van der Waals surface area (Å²) in [6.45, 7) is 3.89. The molecule has 126 valence electrons. The predicted octanol–water partition coefficient (Wildman–Crippen LogP) is 3.98. The molecular formula is C20H23NO3. The second kappa shape index (κ2) is 7.39. The van der Waals surface area contributed by atoms with Crippen molar-refractivity contribution in [3.05, 3.63) is 53.6 Å². The molecule has 0 radical (unpaired) electrons. The molecular weight excluding hydrogens is 302 g/mol. The van der Waals surface area contributed by atoms with E-state index < -0.39 is 0 Å². The van der Waals surface area contributed by atoms with Gasteiger partial charge in [0, 0.05) is 0 Å². The Morgan fingerprint density at radius 1 is 1.12 bits per heavy atom. The molecule has 4 heteroatoms. The van der Waals surface area contributed by atoms with Gasteiger partial charge in [0.15, 0.2) is 6.61 Å². The zero-order chi connectivity index (χ0) is 16.9. The van der Waals surface area contributed by atoms with Gasteiger partial charge >= 0.3 is 0 Å². The predicted molar refractivity (Wildman–Crippen MR) is 94.8 cm³/mol. The minimum Gasteiger partial charge on any atom is -0.489 e. The fourth-order valence-electron chi connectivity index (χ4n) is 2.90. The van der Waals surface area contributed by atoms with Crippen molar-refractivity contribution < 1.29 is 14.3 Å². The molecule has 0 fully saturated rings. The van der Waals surface area contributed by atoms with E-state index in [1.54, 1.807) is 0 Å². The molecule has 0 spiro atoms. The van der Waals surface area contributed by atoms with Crippen LogP contribution in [0.2, 0.25) is 0 Å². The maximum atomic E-state index is 12.2. The first kappa shape index (κ1) is 16.4. The summed E-state index contributed by atoms with van der Waals surface area (Å²) in [5.41, 5.74) is 3.39. The topological polar surface area (TPSA) is 47.6 Å². The number of aryl methyl sites for hydroxylation is 2. The Morgan fingerprint density at radius 3 is 2.75 bits per heavy atom. The van der Waals surface area contributed by atoms with Crippen LogP contribution in [-0.4, -0.2) is 18.6 Å². The van der Waals surface area contributed by atoms with Crippen molar-refractivity contribution in [2.24, 2.45) is 0 Å². The summed E-state index contributed by atoms with van der Waals surface area (Å²) in [6, 6.07) is 13.5. The van der Waals surface area contributed by atoms with Gasteiger partial charge in [-0.2, -0.15) is 0 Å². The number of hydrogen-bond acceptors (Lipinski definition) is 3. The molecule has 2 aromatic carbocycles. The van der Waals surface area contributed by atoms with Gasteiger partial charge in [0.2, 0.25) is 0 Å². The summed E-state index contributed by atoms with van der Waals surface area (Å²) < 4.78 is 11.3. The molecule has 1 amide bonds. The molecule has 3 rings (SSSR count). The molecule has 0 aliphatic heterocycles. The zero-order valence-corrected chi connectivity index (χ0v) is 14.2. The lowest BCUT2D eigenvalue weighted by Crippen LogP contribution is -2.21. The molecule has 4 nitrogen and oxygen atoms in total. The van der Waals surface area contributed by atoms with Crippen LogP contribution in [0.1, 0.15) is 31.4 Å². The monoisotopic (exact) mass is 325 g/mol. The van der Waals surface area contributed by atoms with Gasteiger partial charge in [-0.15, -0.1) is 0 Å². The van der Waals surface area contributed by atoms with E-state index in [1.807, 2.05) is 50.2 Å². The largest absolute Gasteiger partial charge is 0.489 e. The zero-order valence-electron chi connectivity index (χ0n) is 14.2. The van der Waals surface area contributed by atoms with E-state index in [4.69, 9.17) is 9.47 Å². The molecule has 1 aliphatic rings. The van der Waals surface area contributed by atoms with Crippen LogP contribution in [-0.2, 0) is 17.6 Å². The van der Waals surface area contributed by atoms with E-state index in [2.05, 4.69) is 11.4 Å². The van der Waals surface area contributed by atoms with Gasteiger partial charge in [-0.05, 0) is 68.5 Å². The van der Waals surface area contributed by atoms with Crippen molar-refractivity contribution in [3.8, 4) is 11.5 Å². The van der Waals surface area contributed by atoms with E-state index in [0.29, 0.717) is 11.4 Å². The lowest BCUT2D eigenvalue weighted by molar-refractivity contribution is -0.118. The lowest BCUT2D eigenvalue weighted by atomic mass is 10.1. The number of hydrogen-bond donors (Lipinski definition) is 1. The fourth-order valence-corrected chi connectivity index (χ4v) is 2.90. The molecule has 2 aromatic rings. The van der Waals surface area contributed by atoms with E-state index in [0.717, 1.165) is 18.6 Å². The third kappa shape index (κ3) is 4.07. The molecule has 24 heavy (non-hydrogen) atoms. The first-order valence-corrected chi connectivity index (χ1v) is 8.42. The van der Waals surface area contributed by atoms with Crippen molar-refractivity contribution in [1.29, 1.82) is 0 Å². The van der Waals surface area contributed by atoms with Crippen LogP contribution < -0.4 is 14.8 Å². The number of fused-ring (bicyclic) bond motifs is 1. The minimum atomic E-state index is -0.199.